The minimum absolute atomic E-state index is 0.165. The van der Waals surface area contributed by atoms with Gasteiger partial charge in [0, 0.05) is 22.0 Å². The van der Waals surface area contributed by atoms with Crippen molar-refractivity contribution < 1.29 is 17.9 Å². The summed E-state index contributed by atoms with van der Waals surface area (Å²) in [6, 6.07) is 19.4. The van der Waals surface area contributed by atoms with Crippen LogP contribution in [0.3, 0.4) is 0 Å². The van der Waals surface area contributed by atoms with E-state index in [1.54, 1.807) is 44.6 Å². The lowest BCUT2D eigenvalue weighted by Gasteiger charge is -2.24. The largest absolute Gasteiger partial charge is 0.497 e. The topological polar surface area (TPSA) is 55.8 Å². The first-order valence-electron chi connectivity index (χ1n) is 9.05. The fraction of sp³-hybridized carbons (Fsp3) is 0.182. The summed E-state index contributed by atoms with van der Waals surface area (Å²) in [6.07, 6.45) is 0. The molecule has 0 aromatic heterocycles. The predicted molar refractivity (Wildman–Crippen MR) is 124 cm³/mol. The van der Waals surface area contributed by atoms with Crippen LogP contribution in [-0.2, 0) is 23.1 Å². The number of nitrogens with zero attached hydrogens (tertiary/aromatic N) is 1. The first kappa shape index (κ1) is 22.8. The molecule has 0 unspecified atom stereocenters. The van der Waals surface area contributed by atoms with E-state index in [2.05, 4.69) is 31.9 Å². The van der Waals surface area contributed by atoms with Gasteiger partial charge >= 0.3 is 0 Å². The number of halogens is 2. The third-order valence-corrected chi connectivity index (χ3v) is 7.93. The minimum Gasteiger partial charge on any atom is -0.497 e. The Hall–Kier alpha value is -1.87. The highest BCUT2D eigenvalue weighted by molar-refractivity contribution is 9.10. The standard InChI is InChI=1S/C22H21Br2NO4S/c1-28-18-8-10-21(23)16(12-18)14-25(30(26,27)20-6-4-3-5-7-20)15-17-13-19(29-2)9-11-22(17)24/h3-13H,14-15H2,1-2H3. The van der Waals surface area contributed by atoms with Crippen LogP contribution in [0, 0.1) is 0 Å². The Morgan fingerprint density at radius 2 is 1.23 bits per heavy atom. The number of rotatable bonds is 8. The van der Waals surface area contributed by atoms with Crippen LogP contribution < -0.4 is 9.47 Å². The molecular formula is C22H21Br2NO4S. The van der Waals surface area contributed by atoms with E-state index >= 15 is 0 Å². The van der Waals surface area contributed by atoms with Crippen LogP contribution in [0.15, 0.2) is 80.6 Å². The van der Waals surface area contributed by atoms with Crippen LogP contribution in [0.4, 0.5) is 0 Å². The second kappa shape index (κ2) is 9.96. The van der Waals surface area contributed by atoms with Crippen molar-refractivity contribution in [2.45, 2.75) is 18.0 Å². The minimum atomic E-state index is -3.76. The van der Waals surface area contributed by atoms with Crippen molar-refractivity contribution in [3.8, 4) is 11.5 Å². The molecule has 5 nitrogen and oxygen atoms in total. The summed E-state index contributed by atoms with van der Waals surface area (Å²) in [5.41, 5.74) is 1.60. The molecule has 3 aromatic rings. The molecule has 0 N–H and O–H groups in total. The zero-order valence-electron chi connectivity index (χ0n) is 16.5. The van der Waals surface area contributed by atoms with Crippen molar-refractivity contribution in [2.75, 3.05) is 14.2 Å². The van der Waals surface area contributed by atoms with Crippen LogP contribution >= 0.6 is 31.9 Å². The van der Waals surface area contributed by atoms with E-state index in [0.29, 0.717) is 11.5 Å². The molecule has 3 rings (SSSR count). The molecule has 0 aliphatic rings. The molecule has 0 saturated heterocycles. The van der Waals surface area contributed by atoms with Gasteiger partial charge in [-0.2, -0.15) is 4.31 Å². The summed E-state index contributed by atoms with van der Waals surface area (Å²) in [7, 11) is -0.596. The normalized spacial score (nSPS) is 11.5. The Kier molecular flexibility index (Phi) is 7.57. The average Bonchev–Trinajstić information content (AvgIpc) is 2.76. The van der Waals surface area contributed by atoms with Gasteiger partial charge in [-0.25, -0.2) is 8.42 Å². The van der Waals surface area contributed by atoms with Crippen LogP contribution in [0.2, 0.25) is 0 Å². The van der Waals surface area contributed by atoms with Gasteiger partial charge in [0.05, 0.1) is 19.1 Å². The Balaban J connectivity index is 2.05. The Labute approximate surface area is 193 Å². The maximum atomic E-state index is 13.5. The molecule has 0 spiro atoms. The molecule has 0 saturated carbocycles. The number of methoxy groups -OCH3 is 2. The summed E-state index contributed by atoms with van der Waals surface area (Å²) in [5, 5.41) is 0. The van der Waals surface area contributed by atoms with Crippen molar-refractivity contribution in [1.82, 2.24) is 4.31 Å². The Morgan fingerprint density at radius 3 is 1.67 bits per heavy atom. The van der Waals surface area contributed by atoms with E-state index < -0.39 is 10.0 Å². The van der Waals surface area contributed by atoms with Gasteiger partial charge in [-0.3, -0.25) is 0 Å². The molecule has 30 heavy (non-hydrogen) atoms. The Morgan fingerprint density at radius 1 is 0.767 bits per heavy atom. The highest BCUT2D eigenvalue weighted by atomic mass is 79.9. The number of benzene rings is 3. The zero-order chi connectivity index (χ0) is 21.7. The molecule has 0 heterocycles. The van der Waals surface area contributed by atoms with Crippen molar-refractivity contribution >= 4 is 41.9 Å². The smallest absolute Gasteiger partial charge is 0.243 e. The highest BCUT2D eigenvalue weighted by Gasteiger charge is 2.26. The van der Waals surface area contributed by atoms with Gasteiger partial charge in [0.1, 0.15) is 11.5 Å². The summed E-state index contributed by atoms with van der Waals surface area (Å²) in [6.45, 7) is 0.331. The highest BCUT2D eigenvalue weighted by Crippen LogP contribution is 2.30. The van der Waals surface area contributed by atoms with Crippen LogP contribution in [0.1, 0.15) is 11.1 Å². The molecule has 0 aliphatic heterocycles. The quantitative estimate of drug-likeness (QED) is 0.362. The van der Waals surface area contributed by atoms with Crippen LogP contribution in [0.25, 0.3) is 0 Å². The van der Waals surface area contributed by atoms with E-state index in [0.717, 1.165) is 20.1 Å². The van der Waals surface area contributed by atoms with E-state index in [-0.39, 0.29) is 18.0 Å². The molecule has 3 aromatic carbocycles. The van der Waals surface area contributed by atoms with E-state index in [1.165, 1.54) is 4.31 Å². The van der Waals surface area contributed by atoms with Crippen LogP contribution in [0.5, 0.6) is 11.5 Å². The number of sulfonamides is 1. The van der Waals surface area contributed by atoms with E-state index in [4.69, 9.17) is 9.47 Å². The molecular weight excluding hydrogens is 534 g/mol. The lowest BCUT2D eigenvalue weighted by molar-refractivity contribution is 0.390. The molecule has 158 valence electrons. The van der Waals surface area contributed by atoms with Crippen molar-refractivity contribution in [2.24, 2.45) is 0 Å². The van der Waals surface area contributed by atoms with Gasteiger partial charge in [-0.15, -0.1) is 0 Å². The number of hydrogen-bond acceptors (Lipinski definition) is 4. The number of ether oxygens (including phenoxy) is 2. The summed E-state index contributed by atoms with van der Waals surface area (Å²) in [5.74, 6) is 1.32. The molecule has 0 radical (unpaired) electrons. The number of hydrogen-bond donors (Lipinski definition) is 0. The van der Waals surface area contributed by atoms with Crippen molar-refractivity contribution in [3.05, 3.63) is 86.8 Å². The summed E-state index contributed by atoms with van der Waals surface area (Å²) in [4.78, 5) is 0.239. The average molecular weight is 555 g/mol. The predicted octanol–water partition coefficient (Wildman–Crippen LogP) is 5.62. The molecule has 0 amide bonds. The van der Waals surface area contributed by atoms with Crippen molar-refractivity contribution in [3.63, 3.8) is 0 Å². The van der Waals surface area contributed by atoms with E-state index in [9.17, 15) is 8.42 Å². The maximum Gasteiger partial charge on any atom is 0.243 e. The van der Waals surface area contributed by atoms with Gasteiger partial charge < -0.3 is 9.47 Å². The molecule has 0 fully saturated rings. The fourth-order valence-electron chi connectivity index (χ4n) is 2.95. The summed E-state index contributed by atoms with van der Waals surface area (Å²) < 4.78 is 40.7. The molecule has 0 bridgehead atoms. The van der Waals surface area contributed by atoms with E-state index in [1.807, 2.05) is 36.4 Å². The second-order valence-electron chi connectivity index (χ2n) is 6.50. The SMILES string of the molecule is COc1ccc(Br)c(CN(Cc2cc(OC)ccc2Br)S(=O)(=O)c2ccccc2)c1. The fourth-order valence-corrected chi connectivity index (χ4v) is 5.11. The van der Waals surface area contributed by atoms with Gasteiger partial charge in [0.2, 0.25) is 10.0 Å². The second-order valence-corrected chi connectivity index (χ2v) is 10.1. The first-order valence-corrected chi connectivity index (χ1v) is 12.1. The molecule has 8 heteroatoms. The van der Waals surface area contributed by atoms with Crippen LogP contribution in [-0.4, -0.2) is 26.9 Å². The van der Waals surface area contributed by atoms with Crippen molar-refractivity contribution in [1.29, 1.82) is 0 Å². The monoisotopic (exact) mass is 553 g/mol. The van der Waals surface area contributed by atoms with Gasteiger partial charge in [-0.1, -0.05) is 50.1 Å². The third kappa shape index (κ3) is 5.24. The third-order valence-electron chi connectivity index (χ3n) is 4.58. The lowest BCUT2D eigenvalue weighted by atomic mass is 10.2. The lowest BCUT2D eigenvalue weighted by Crippen LogP contribution is -2.30. The van der Waals surface area contributed by atoms with Gasteiger partial charge in [0.25, 0.3) is 0 Å². The maximum absolute atomic E-state index is 13.5. The Bertz CT molecular complexity index is 1070. The first-order chi connectivity index (χ1) is 14.3. The zero-order valence-corrected chi connectivity index (χ0v) is 20.5. The molecule has 0 atom stereocenters. The summed E-state index contributed by atoms with van der Waals surface area (Å²) >= 11 is 7.06. The van der Waals surface area contributed by atoms with Gasteiger partial charge in [-0.05, 0) is 59.7 Å². The van der Waals surface area contributed by atoms with Gasteiger partial charge in [0.15, 0.2) is 0 Å². The molecule has 0 aliphatic carbocycles.